The van der Waals surface area contributed by atoms with Crippen molar-refractivity contribution in [3.05, 3.63) is 41.6 Å². The Kier molecular flexibility index (Phi) is 6.67. The number of aromatic nitrogens is 1. The molecule has 0 saturated carbocycles. The van der Waals surface area contributed by atoms with Crippen LogP contribution in [-0.2, 0) is 13.1 Å². The zero-order chi connectivity index (χ0) is 20.1. The van der Waals surface area contributed by atoms with Crippen LogP contribution in [-0.4, -0.2) is 53.2 Å². The second-order valence-electron chi connectivity index (χ2n) is 8.37. The van der Waals surface area contributed by atoms with Gasteiger partial charge in [0.05, 0.1) is 12.8 Å². The maximum absolute atomic E-state index is 11.1. The number of nitrogens with zero attached hydrogens (tertiary/aromatic N) is 3. The first-order chi connectivity index (χ1) is 14.2. The lowest BCUT2D eigenvalue weighted by Gasteiger charge is -2.28. The smallest absolute Gasteiger partial charge is 0.146 e. The van der Waals surface area contributed by atoms with E-state index < -0.39 is 0 Å². The van der Waals surface area contributed by atoms with E-state index in [-0.39, 0.29) is 0 Å². The number of hydrogen-bond acceptors (Lipinski definition) is 5. The summed E-state index contributed by atoms with van der Waals surface area (Å²) < 4.78 is 5.29. The zero-order valence-electron chi connectivity index (χ0n) is 17.6. The summed E-state index contributed by atoms with van der Waals surface area (Å²) in [4.78, 5) is 9.85. The molecule has 29 heavy (non-hydrogen) atoms. The highest BCUT2D eigenvalue weighted by Gasteiger charge is 2.19. The van der Waals surface area contributed by atoms with Crippen molar-refractivity contribution in [2.75, 3.05) is 33.3 Å². The van der Waals surface area contributed by atoms with Crippen molar-refractivity contribution in [1.29, 1.82) is 0 Å². The predicted octanol–water partition coefficient (Wildman–Crippen LogP) is 4.43. The molecule has 0 unspecified atom stereocenters. The van der Waals surface area contributed by atoms with Gasteiger partial charge in [-0.05, 0) is 82.2 Å². The molecule has 0 radical (unpaired) electrons. The summed E-state index contributed by atoms with van der Waals surface area (Å²) >= 11 is 0. The first-order valence-electron chi connectivity index (χ1n) is 11.0. The van der Waals surface area contributed by atoms with Gasteiger partial charge in [-0.15, -0.1) is 0 Å². The summed E-state index contributed by atoms with van der Waals surface area (Å²) in [6.45, 7) is 6.16. The lowest BCUT2D eigenvalue weighted by atomic mass is 10.0. The number of hydrogen-bond donors (Lipinski definition) is 1. The largest absolute Gasteiger partial charge is 0.505 e. The van der Waals surface area contributed by atoms with Gasteiger partial charge in [-0.3, -0.25) is 9.80 Å². The van der Waals surface area contributed by atoms with Crippen molar-refractivity contribution >= 4 is 0 Å². The van der Waals surface area contributed by atoms with Gasteiger partial charge in [0.1, 0.15) is 17.2 Å². The van der Waals surface area contributed by atoms with E-state index in [4.69, 9.17) is 9.72 Å². The van der Waals surface area contributed by atoms with Gasteiger partial charge in [-0.25, -0.2) is 4.98 Å². The molecule has 0 spiro atoms. The SMILES string of the molecule is COc1ccc(-c2nc(CN3CCCCC3)cc(CN3CCCCC3)c2O)cc1. The van der Waals surface area contributed by atoms with E-state index in [1.165, 1.54) is 38.5 Å². The third-order valence-corrected chi connectivity index (χ3v) is 6.17. The van der Waals surface area contributed by atoms with Gasteiger partial charge in [0, 0.05) is 24.2 Å². The van der Waals surface area contributed by atoms with Crippen molar-refractivity contribution in [3.63, 3.8) is 0 Å². The molecule has 2 aromatic rings. The standard InChI is InChI=1S/C24H33N3O2/c1-29-22-10-8-19(9-11-22)23-24(28)20(17-26-12-4-2-5-13-26)16-21(25-23)18-27-14-6-3-7-15-27/h8-11,16,28H,2-7,12-15,17-18H2,1H3. The molecule has 0 amide bonds. The van der Waals surface area contributed by atoms with E-state index >= 15 is 0 Å². The third-order valence-electron chi connectivity index (χ3n) is 6.17. The molecule has 3 heterocycles. The number of aromatic hydroxyl groups is 1. The van der Waals surface area contributed by atoms with E-state index in [0.29, 0.717) is 11.4 Å². The minimum atomic E-state index is 0.322. The predicted molar refractivity (Wildman–Crippen MR) is 116 cm³/mol. The minimum Gasteiger partial charge on any atom is -0.505 e. The second kappa shape index (κ2) is 9.59. The van der Waals surface area contributed by atoms with Crippen molar-refractivity contribution < 1.29 is 9.84 Å². The summed E-state index contributed by atoms with van der Waals surface area (Å²) in [5.74, 6) is 1.13. The number of methoxy groups -OCH3 is 1. The summed E-state index contributed by atoms with van der Waals surface area (Å²) in [6.07, 6.45) is 7.68. The normalized spacial score (nSPS) is 18.7. The van der Waals surface area contributed by atoms with E-state index in [2.05, 4.69) is 15.9 Å². The first-order valence-corrected chi connectivity index (χ1v) is 11.0. The summed E-state index contributed by atoms with van der Waals surface area (Å²) in [6, 6.07) is 9.95. The fraction of sp³-hybridized carbons (Fsp3) is 0.542. The van der Waals surface area contributed by atoms with Gasteiger partial charge in [0.25, 0.3) is 0 Å². The molecule has 156 valence electrons. The number of rotatable bonds is 6. The monoisotopic (exact) mass is 395 g/mol. The van der Waals surface area contributed by atoms with Crippen molar-refractivity contribution in [3.8, 4) is 22.8 Å². The topological polar surface area (TPSA) is 48.8 Å². The van der Waals surface area contributed by atoms with Crippen LogP contribution in [0.1, 0.15) is 49.8 Å². The van der Waals surface area contributed by atoms with Gasteiger partial charge < -0.3 is 9.84 Å². The van der Waals surface area contributed by atoms with Gasteiger partial charge in [-0.1, -0.05) is 12.8 Å². The number of ether oxygens (including phenoxy) is 1. The molecule has 0 bridgehead atoms. The molecule has 2 saturated heterocycles. The van der Waals surface area contributed by atoms with Crippen LogP contribution in [0.4, 0.5) is 0 Å². The Hall–Kier alpha value is -2.11. The number of pyridine rings is 1. The Labute approximate surface area is 174 Å². The molecule has 2 aliphatic rings. The minimum absolute atomic E-state index is 0.322. The number of piperidine rings is 2. The molecule has 5 heteroatoms. The second-order valence-corrected chi connectivity index (χ2v) is 8.37. The Morgan fingerprint density at radius 1 is 0.862 bits per heavy atom. The molecule has 0 atom stereocenters. The fourth-order valence-corrected chi connectivity index (χ4v) is 4.51. The average molecular weight is 396 g/mol. The molecule has 1 aromatic carbocycles. The van der Waals surface area contributed by atoms with Crippen molar-refractivity contribution in [2.24, 2.45) is 0 Å². The average Bonchev–Trinajstić information content (AvgIpc) is 2.77. The molecule has 5 nitrogen and oxygen atoms in total. The lowest BCUT2D eigenvalue weighted by molar-refractivity contribution is 0.214. The van der Waals surface area contributed by atoms with Crippen LogP contribution in [0.15, 0.2) is 30.3 Å². The van der Waals surface area contributed by atoms with Crippen LogP contribution in [0, 0.1) is 0 Å². The maximum Gasteiger partial charge on any atom is 0.146 e. The Balaban J connectivity index is 1.65. The van der Waals surface area contributed by atoms with Gasteiger partial charge in [0.15, 0.2) is 0 Å². The number of likely N-dealkylation sites (tertiary alicyclic amines) is 2. The van der Waals surface area contributed by atoms with E-state index in [1.54, 1.807) is 7.11 Å². The third kappa shape index (κ3) is 5.09. The van der Waals surface area contributed by atoms with Gasteiger partial charge in [0.2, 0.25) is 0 Å². The van der Waals surface area contributed by atoms with Gasteiger partial charge in [-0.2, -0.15) is 0 Å². The Morgan fingerprint density at radius 2 is 1.45 bits per heavy atom. The summed E-state index contributed by atoms with van der Waals surface area (Å²) in [5.41, 5.74) is 3.68. The van der Waals surface area contributed by atoms with Crippen LogP contribution in [0.2, 0.25) is 0 Å². The highest BCUT2D eigenvalue weighted by molar-refractivity contribution is 5.68. The molecular formula is C24H33N3O2. The van der Waals surface area contributed by atoms with Crippen LogP contribution >= 0.6 is 0 Å². The molecule has 1 aromatic heterocycles. The highest BCUT2D eigenvalue weighted by atomic mass is 16.5. The maximum atomic E-state index is 11.1. The molecule has 2 fully saturated rings. The quantitative estimate of drug-likeness (QED) is 0.784. The van der Waals surface area contributed by atoms with Crippen molar-refractivity contribution in [2.45, 2.75) is 51.6 Å². The molecule has 1 N–H and O–H groups in total. The Bertz CT molecular complexity index is 795. The highest BCUT2D eigenvalue weighted by Crippen LogP contribution is 2.33. The fourth-order valence-electron chi connectivity index (χ4n) is 4.51. The van der Waals surface area contributed by atoms with Gasteiger partial charge >= 0.3 is 0 Å². The Morgan fingerprint density at radius 3 is 2.03 bits per heavy atom. The van der Waals surface area contributed by atoms with Crippen LogP contribution in [0.5, 0.6) is 11.5 Å². The summed E-state index contributed by atoms with van der Waals surface area (Å²) in [7, 11) is 1.67. The van der Waals surface area contributed by atoms with E-state index in [1.807, 2.05) is 24.3 Å². The van der Waals surface area contributed by atoms with Crippen LogP contribution in [0.3, 0.4) is 0 Å². The molecule has 2 aliphatic heterocycles. The molecule has 0 aliphatic carbocycles. The van der Waals surface area contributed by atoms with Crippen LogP contribution in [0.25, 0.3) is 11.3 Å². The molecule has 4 rings (SSSR count). The lowest BCUT2D eigenvalue weighted by Crippen LogP contribution is -2.30. The first kappa shape index (κ1) is 20.2. The molecular weight excluding hydrogens is 362 g/mol. The number of benzene rings is 1. The zero-order valence-corrected chi connectivity index (χ0v) is 17.6. The van der Waals surface area contributed by atoms with Crippen molar-refractivity contribution in [1.82, 2.24) is 14.8 Å². The van der Waals surface area contributed by atoms with E-state index in [9.17, 15) is 5.11 Å². The van der Waals surface area contributed by atoms with Crippen LogP contribution < -0.4 is 4.74 Å². The van der Waals surface area contributed by atoms with E-state index in [0.717, 1.165) is 61.8 Å². The summed E-state index contributed by atoms with van der Waals surface area (Å²) in [5, 5.41) is 11.1.